The first-order valence-corrected chi connectivity index (χ1v) is 12.2. The Kier molecular flexibility index (Phi) is 6.49. The summed E-state index contributed by atoms with van der Waals surface area (Å²) in [5.41, 5.74) is 4.48. The van der Waals surface area contributed by atoms with Crippen LogP contribution < -0.4 is 5.32 Å². The summed E-state index contributed by atoms with van der Waals surface area (Å²) in [6, 6.07) is 15.1. The molecule has 1 aliphatic carbocycles. The van der Waals surface area contributed by atoms with Crippen molar-refractivity contribution in [3.63, 3.8) is 0 Å². The third-order valence-corrected chi connectivity index (χ3v) is 6.98. The molecular weight excluding hydrogens is 420 g/mol. The SMILES string of the molecule is ON1CCC(/C=C/c2nc3cc(NC4CCCCC4)ccc3n2Cc2ccc(Cl)cc2)C1. The van der Waals surface area contributed by atoms with E-state index in [0.717, 1.165) is 47.1 Å². The Balaban J connectivity index is 1.45. The number of fused-ring (bicyclic) bond motifs is 1. The first-order valence-electron chi connectivity index (χ1n) is 11.8. The number of benzene rings is 2. The van der Waals surface area contributed by atoms with Crippen LogP contribution in [0.15, 0.2) is 48.5 Å². The zero-order valence-electron chi connectivity index (χ0n) is 18.4. The number of imidazole rings is 1. The molecule has 32 heavy (non-hydrogen) atoms. The topological polar surface area (TPSA) is 53.3 Å². The maximum Gasteiger partial charge on any atom is 0.133 e. The fourth-order valence-corrected chi connectivity index (χ4v) is 5.06. The highest BCUT2D eigenvalue weighted by atomic mass is 35.5. The number of aromatic nitrogens is 2. The zero-order valence-corrected chi connectivity index (χ0v) is 19.1. The van der Waals surface area contributed by atoms with Gasteiger partial charge in [-0.2, -0.15) is 5.06 Å². The maximum absolute atomic E-state index is 9.71. The van der Waals surface area contributed by atoms with Gasteiger partial charge in [0.25, 0.3) is 0 Å². The van der Waals surface area contributed by atoms with Crippen molar-refractivity contribution >= 4 is 34.4 Å². The molecular formula is C26H31ClN4O. The minimum Gasteiger partial charge on any atom is -0.382 e. The van der Waals surface area contributed by atoms with Crippen LogP contribution in [-0.2, 0) is 6.54 Å². The van der Waals surface area contributed by atoms with Crippen molar-refractivity contribution in [3.05, 3.63) is 65.0 Å². The molecule has 1 aromatic heterocycles. The number of hydrogen-bond acceptors (Lipinski definition) is 4. The van der Waals surface area contributed by atoms with Crippen molar-refractivity contribution in [2.75, 3.05) is 18.4 Å². The van der Waals surface area contributed by atoms with Gasteiger partial charge in [-0.15, -0.1) is 0 Å². The van der Waals surface area contributed by atoms with Gasteiger partial charge in [-0.05, 0) is 67.2 Å². The maximum atomic E-state index is 9.71. The fraction of sp³-hybridized carbons (Fsp3) is 0.423. The van der Waals surface area contributed by atoms with E-state index in [4.69, 9.17) is 16.6 Å². The summed E-state index contributed by atoms with van der Waals surface area (Å²) < 4.78 is 2.27. The van der Waals surface area contributed by atoms with Gasteiger partial charge in [0.05, 0.1) is 11.0 Å². The lowest BCUT2D eigenvalue weighted by molar-refractivity contribution is -0.0699. The molecule has 5 rings (SSSR count). The Morgan fingerprint density at radius 2 is 1.88 bits per heavy atom. The standard InChI is InChI=1S/C26H31ClN4O/c27-21-9-6-19(7-10-21)18-31-25-12-11-23(28-22-4-2-1-3-5-22)16-24(25)29-26(31)13-8-20-14-15-30(32)17-20/h6-13,16,20,22,28,32H,1-5,14-15,17-18H2/b13-8+. The molecule has 2 fully saturated rings. The van der Waals surface area contributed by atoms with Gasteiger partial charge >= 0.3 is 0 Å². The van der Waals surface area contributed by atoms with Crippen molar-refractivity contribution in [1.29, 1.82) is 0 Å². The molecule has 0 amide bonds. The van der Waals surface area contributed by atoms with E-state index in [1.54, 1.807) is 0 Å². The number of hydrogen-bond donors (Lipinski definition) is 2. The molecule has 3 aromatic rings. The predicted octanol–water partition coefficient (Wildman–Crippen LogP) is 6.21. The number of hydroxylamine groups is 2. The van der Waals surface area contributed by atoms with Gasteiger partial charge in [-0.3, -0.25) is 0 Å². The van der Waals surface area contributed by atoms with Crippen LogP contribution in [0.25, 0.3) is 17.1 Å². The van der Waals surface area contributed by atoms with Crippen molar-refractivity contribution in [3.8, 4) is 0 Å². The van der Waals surface area contributed by atoms with Gasteiger partial charge < -0.3 is 15.1 Å². The van der Waals surface area contributed by atoms with Gasteiger partial charge in [0, 0.05) is 36.4 Å². The van der Waals surface area contributed by atoms with Crippen LogP contribution in [0.5, 0.6) is 0 Å². The number of nitrogens with zero attached hydrogens (tertiary/aromatic N) is 3. The monoisotopic (exact) mass is 450 g/mol. The lowest BCUT2D eigenvalue weighted by Crippen LogP contribution is -2.22. The normalized spacial score (nSPS) is 20.5. The second kappa shape index (κ2) is 9.65. The first kappa shape index (κ1) is 21.5. The van der Waals surface area contributed by atoms with Crippen LogP contribution in [-0.4, -0.2) is 39.0 Å². The van der Waals surface area contributed by atoms with Crippen molar-refractivity contribution < 1.29 is 5.21 Å². The Morgan fingerprint density at radius 3 is 2.62 bits per heavy atom. The predicted molar refractivity (Wildman–Crippen MR) is 131 cm³/mol. The molecule has 0 radical (unpaired) electrons. The van der Waals surface area contributed by atoms with E-state index >= 15 is 0 Å². The Morgan fingerprint density at radius 1 is 1.06 bits per heavy atom. The van der Waals surface area contributed by atoms with E-state index in [1.807, 2.05) is 12.1 Å². The number of anilines is 1. The van der Waals surface area contributed by atoms with Crippen LogP contribution in [0.2, 0.25) is 5.02 Å². The van der Waals surface area contributed by atoms with Crippen molar-refractivity contribution in [2.24, 2.45) is 5.92 Å². The molecule has 0 bridgehead atoms. The van der Waals surface area contributed by atoms with Crippen LogP contribution in [0, 0.1) is 5.92 Å². The highest BCUT2D eigenvalue weighted by molar-refractivity contribution is 6.30. The first-order chi connectivity index (χ1) is 15.6. The minimum atomic E-state index is 0.354. The summed E-state index contributed by atoms with van der Waals surface area (Å²) in [7, 11) is 0. The van der Waals surface area contributed by atoms with Gasteiger partial charge in [0.1, 0.15) is 5.82 Å². The average molecular weight is 451 g/mol. The highest BCUT2D eigenvalue weighted by Gasteiger charge is 2.19. The molecule has 2 aliphatic rings. The highest BCUT2D eigenvalue weighted by Crippen LogP contribution is 2.27. The summed E-state index contributed by atoms with van der Waals surface area (Å²) in [4.78, 5) is 4.99. The molecule has 1 saturated heterocycles. The second-order valence-electron chi connectivity index (χ2n) is 9.19. The molecule has 168 valence electrons. The lowest BCUT2D eigenvalue weighted by atomic mass is 9.95. The molecule has 1 atom stereocenters. The van der Waals surface area contributed by atoms with Gasteiger partial charge in [0.2, 0.25) is 0 Å². The smallest absolute Gasteiger partial charge is 0.133 e. The molecule has 0 spiro atoms. The van der Waals surface area contributed by atoms with E-state index in [-0.39, 0.29) is 0 Å². The Bertz CT molecular complexity index is 1090. The largest absolute Gasteiger partial charge is 0.382 e. The average Bonchev–Trinajstić information content (AvgIpc) is 3.37. The molecule has 5 nitrogen and oxygen atoms in total. The Labute approximate surface area is 194 Å². The van der Waals surface area contributed by atoms with Gasteiger partial charge in [0.15, 0.2) is 0 Å². The third-order valence-electron chi connectivity index (χ3n) is 6.73. The summed E-state index contributed by atoms with van der Waals surface area (Å²) in [6.07, 6.45) is 11.8. The van der Waals surface area contributed by atoms with E-state index in [9.17, 15) is 5.21 Å². The van der Waals surface area contributed by atoms with Gasteiger partial charge in [-0.25, -0.2) is 4.98 Å². The number of rotatable bonds is 6. The summed E-state index contributed by atoms with van der Waals surface area (Å²) in [5.74, 6) is 1.30. The van der Waals surface area contributed by atoms with E-state index in [1.165, 1.54) is 42.7 Å². The van der Waals surface area contributed by atoms with E-state index in [0.29, 0.717) is 18.5 Å². The molecule has 6 heteroatoms. The number of halogens is 1. The molecule has 2 N–H and O–H groups in total. The van der Waals surface area contributed by atoms with E-state index in [2.05, 4.69) is 52.4 Å². The quantitative estimate of drug-likeness (QED) is 0.469. The van der Waals surface area contributed by atoms with Crippen LogP contribution in [0.3, 0.4) is 0 Å². The summed E-state index contributed by atoms with van der Waals surface area (Å²) >= 11 is 6.09. The molecule has 2 aromatic carbocycles. The van der Waals surface area contributed by atoms with Crippen molar-refractivity contribution in [2.45, 2.75) is 51.1 Å². The Hall–Kier alpha value is -2.34. The van der Waals surface area contributed by atoms with E-state index < -0.39 is 0 Å². The second-order valence-corrected chi connectivity index (χ2v) is 9.62. The molecule has 2 heterocycles. The molecule has 1 unspecified atom stereocenters. The molecule has 1 saturated carbocycles. The van der Waals surface area contributed by atoms with Gasteiger partial charge in [-0.1, -0.05) is 49.1 Å². The van der Waals surface area contributed by atoms with Crippen LogP contribution in [0.1, 0.15) is 49.9 Å². The summed E-state index contributed by atoms with van der Waals surface area (Å²) in [6.45, 7) is 2.15. The fourth-order valence-electron chi connectivity index (χ4n) is 4.93. The molecule has 1 aliphatic heterocycles. The zero-order chi connectivity index (χ0) is 21.9. The minimum absolute atomic E-state index is 0.354. The van der Waals surface area contributed by atoms with Crippen LogP contribution in [0.4, 0.5) is 5.69 Å². The third kappa shape index (κ3) is 5.01. The number of nitrogens with one attached hydrogen (secondary N) is 1. The summed E-state index contributed by atoms with van der Waals surface area (Å²) in [5, 5.41) is 15.6. The van der Waals surface area contributed by atoms with Crippen LogP contribution >= 0.6 is 11.6 Å². The van der Waals surface area contributed by atoms with Crippen molar-refractivity contribution in [1.82, 2.24) is 14.6 Å². The lowest BCUT2D eigenvalue weighted by Gasteiger charge is -2.23.